The molecule has 0 bridgehead atoms. The van der Waals surface area contributed by atoms with Gasteiger partial charge in [0.15, 0.2) is 0 Å². The number of nitrogens with zero attached hydrogens (tertiary/aromatic N) is 1. The molecule has 0 aliphatic carbocycles. The van der Waals surface area contributed by atoms with Gasteiger partial charge in [0.1, 0.15) is 0 Å². The smallest absolute Gasteiger partial charge is 0.222 e. The fourth-order valence-electron chi connectivity index (χ4n) is 0.621. The van der Waals surface area contributed by atoms with Crippen molar-refractivity contribution in [2.45, 2.75) is 19.8 Å². The summed E-state index contributed by atoms with van der Waals surface area (Å²) in [5.74, 6) is 0.188. The highest BCUT2D eigenvalue weighted by Gasteiger charge is 2.03. The summed E-state index contributed by atoms with van der Waals surface area (Å²) >= 11 is 0. The van der Waals surface area contributed by atoms with Gasteiger partial charge in [0.25, 0.3) is 0 Å². The van der Waals surface area contributed by atoms with Gasteiger partial charge in [0.05, 0.1) is 0 Å². The van der Waals surface area contributed by atoms with Crippen LogP contribution in [0.2, 0.25) is 0 Å². The van der Waals surface area contributed by atoms with E-state index in [1.807, 2.05) is 6.92 Å². The highest BCUT2D eigenvalue weighted by atomic mass is 35.5. The zero-order chi connectivity index (χ0) is 7.98. The van der Waals surface area contributed by atoms with Crippen LogP contribution in [-0.2, 0) is 4.79 Å². The van der Waals surface area contributed by atoms with Gasteiger partial charge in [-0.1, -0.05) is 0 Å². The highest BCUT2D eigenvalue weighted by molar-refractivity contribution is 5.85. The van der Waals surface area contributed by atoms with E-state index in [0.29, 0.717) is 13.0 Å². The van der Waals surface area contributed by atoms with Gasteiger partial charge in [-0.2, -0.15) is 0 Å². The first-order valence-electron chi connectivity index (χ1n) is 3.66. The van der Waals surface area contributed by atoms with Gasteiger partial charge in [0, 0.05) is 20.0 Å². The summed E-state index contributed by atoms with van der Waals surface area (Å²) < 4.78 is 0. The first-order chi connectivity index (χ1) is 4.72. The van der Waals surface area contributed by atoms with Crippen LogP contribution in [0.25, 0.3) is 0 Å². The zero-order valence-corrected chi connectivity index (χ0v) is 7.99. The van der Waals surface area contributed by atoms with Crippen LogP contribution < -0.4 is 5.73 Å². The lowest BCUT2D eigenvalue weighted by molar-refractivity contribution is -0.129. The molecule has 3 nitrogen and oxygen atoms in total. The van der Waals surface area contributed by atoms with Crippen LogP contribution in [0.15, 0.2) is 0 Å². The number of amides is 1. The summed E-state index contributed by atoms with van der Waals surface area (Å²) in [6.07, 6.45) is 1.38. The van der Waals surface area contributed by atoms with Crippen molar-refractivity contribution in [3.63, 3.8) is 0 Å². The Bertz CT molecular complexity index is 109. The molecule has 0 saturated heterocycles. The Morgan fingerprint density at radius 3 is 2.45 bits per heavy atom. The molecule has 0 aromatic heterocycles. The average molecular weight is 181 g/mol. The fraction of sp³-hybridized carbons (Fsp3) is 0.857. The van der Waals surface area contributed by atoms with Crippen molar-refractivity contribution in [3.05, 3.63) is 0 Å². The largest absolute Gasteiger partial charge is 0.346 e. The Morgan fingerprint density at radius 2 is 2.09 bits per heavy atom. The Hall–Kier alpha value is -0.280. The molecule has 2 N–H and O–H groups in total. The number of hydrogen-bond donors (Lipinski definition) is 1. The molecule has 0 rings (SSSR count). The van der Waals surface area contributed by atoms with Crippen LogP contribution in [0, 0.1) is 0 Å². The third-order valence-electron chi connectivity index (χ3n) is 1.49. The molecular weight excluding hydrogens is 164 g/mol. The third-order valence-corrected chi connectivity index (χ3v) is 1.49. The molecule has 68 valence electrons. The lowest BCUT2D eigenvalue weighted by Crippen LogP contribution is -2.26. The SMILES string of the molecule is CCN(C)C(=O)CCCN.Cl. The minimum Gasteiger partial charge on any atom is -0.346 e. The molecule has 4 heteroatoms. The fourth-order valence-corrected chi connectivity index (χ4v) is 0.621. The summed E-state index contributed by atoms with van der Waals surface area (Å²) in [6, 6.07) is 0. The van der Waals surface area contributed by atoms with E-state index in [0.717, 1.165) is 13.0 Å². The van der Waals surface area contributed by atoms with Crippen molar-refractivity contribution in [2.24, 2.45) is 5.73 Å². The van der Waals surface area contributed by atoms with Crippen LogP contribution in [-0.4, -0.2) is 30.9 Å². The van der Waals surface area contributed by atoms with E-state index >= 15 is 0 Å². The van der Waals surface area contributed by atoms with E-state index in [1.165, 1.54) is 0 Å². The number of carbonyl (C=O) groups is 1. The average Bonchev–Trinajstić information content (AvgIpc) is 1.98. The minimum atomic E-state index is 0. The highest BCUT2D eigenvalue weighted by Crippen LogP contribution is 1.92. The van der Waals surface area contributed by atoms with Crippen molar-refractivity contribution >= 4 is 18.3 Å². The van der Waals surface area contributed by atoms with Crippen LogP contribution in [0.3, 0.4) is 0 Å². The van der Waals surface area contributed by atoms with E-state index < -0.39 is 0 Å². The van der Waals surface area contributed by atoms with Gasteiger partial charge in [-0.05, 0) is 19.9 Å². The molecule has 11 heavy (non-hydrogen) atoms. The third kappa shape index (κ3) is 6.13. The molecule has 0 spiro atoms. The van der Waals surface area contributed by atoms with Crippen LogP contribution in [0.5, 0.6) is 0 Å². The normalized spacial score (nSPS) is 8.64. The molecule has 0 unspecified atom stereocenters. The number of halogens is 1. The van der Waals surface area contributed by atoms with Crippen LogP contribution in [0.1, 0.15) is 19.8 Å². The molecule has 1 amide bonds. The van der Waals surface area contributed by atoms with Crippen molar-refractivity contribution in [1.82, 2.24) is 4.90 Å². The van der Waals surface area contributed by atoms with Crippen molar-refractivity contribution in [1.29, 1.82) is 0 Å². The van der Waals surface area contributed by atoms with Crippen molar-refractivity contribution in [3.8, 4) is 0 Å². The maximum Gasteiger partial charge on any atom is 0.222 e. The van der Waals surface area contributed by atoms with E-state index in [2.05, 4.69) is 0 Å². The lowest BCUT2D eigenvalue weighted by atomic mass is 10.3. The van der Waals surface area contributed by atoms with Gasteiger partial charge >= 0.3 is 0 Å². The molecule has 0 aromatic rings. The standard InChI is InChI=1S/C7H16N2O.ClH/c1-3-9(2)7(10)5-4-6-8;/h3-6,8H2,1-2H3;1H. The van der Waals surface area contributed by atoms with Crippen molar-refractivity contribution in [2.75, 3.05) is 20.1 Å². The minimum absolute atomic E-state index is 0. The van der Waals surface area contributed by atoms with E-state index in [-0.39, 0.29) is 18.3 Å². The van der Waals surface area contributed by atoms with Gasteiger partial charge in [0.2, 0.25) is 5.91 Å². The summed E-state index contributed by atoms with van der Waals surface area (Å²) in [5, 5.41) is 0. The molecule has 0 saturated carbocycles. The molecule has 0 aromatic carbocycles. The van der Waals surface area contributed by atoms with E-state index in [9.17, 15) is 4.79 Å². The number of nitrogens with two attached hydrogens (primary N) is 1. The summed E-state index contributed by atoms with van der Waals surface area (Å²) in [4.78, 5) is 12.7. The quantitative estimate of drug-likeness (QED) is 0.690. The maximum absolute atomic E-state index is 11.0. The summed E-state index contributed by atoms with van der Waals surface area (Å²) in [6.45, 7) is 3.34. The molecule has 0 aliphatic rings. The predicted molar refractivity (Wildman–Crippen MR) is 48.8 cm³/mol. The number of rotatable bonds is 4. The van der Waals surface area contributed by atoms with E-state index in [4.69, 9.17) is 5.73 Å². The molecular formula is C7H17ClN2O. The van der Waals surface area contributed by atoms with Gasteiger partial charge < -0.3 is 10.6 Å². The van der Waals surface area contributed by atoms with Gasteiger partial charge in [-0.15, -0.1) is 12.4 Å². The Morgan fingerprint density at radius 1 is 1.55 bits per heavy atom. The topological polar surface area (TPSA) is 46.3 Å². The molecule has 0 aliphatic heterocycles. The summed E-state index contributed by atoms with van der Waals surface area (Å²) in [7, 11) is 1.80. The second-order valence-corrected chi connectivity index (χ2v) is 2.30. The molecule has 0 heterocycles. The van der Waals surface area contributed by atoms with E-state index in [1.54, 1.807) is 11.9 Å². The van der Waals surface area contributed by atoms with Gasteiger partial charge in [-0.3, -0.25) is 4.79 Å². The second kappa shape index (κ2) is 7.82. The lowest BCUT2D eigenvalue weighted by Gasteiger charge is -2.13. The first kappa shape index (κ1) is 13.3. The maximum atomic E-state index is 11.0. The second-order valence-electron chi connectivity index (χ2n) is 2.30. The number of carbonyl (C=O) groups excluding carboxylic acids is 1. The monoisotopic (exact) mass is 180 g/mol. The van der Waals surface area contributed by atoms with Crippen LogP contribution in [0.4, 0.5) is 0 Å². The predicted octanol–water partition coefficient (Wildman–Crippen LogP) is 0.625. The molecule has 0 atom stereocenters. The molecule has 0 radical (unpaired) electrons. The first-order valence-corrected chi connectivity index (χ1v) is 3.66. The Labute approximate surface area is 74.3 Å². The Kier molecular flexibility index (Phi) is 9.47. The van der Waals surface area contributed by atoms with Crippen molar-refractivity contribution < 1.29 is 4.79 Å². The Balaban J connectivity index is 0. The van der Waals surface area contributed by atoms with Gasteiger partial charge in [-0.25, -0.2) is 0 Å². The zero-order valence-electron chi connectivity index (χ0n) is 7.17. The van der Waals surface area contributed by atoms with Crippen LogP contribution >= 0.6 is 12.4 Å². The molecule has 0 fully saturated rings. The summed E-state index contributed by atoms with van der Waals surface area (Å²) in [5.41, 5.74) is 5.25. The number of hydrogen-bond acceptors (Lipinski definition) is 2.